The minimum atomic E-state index is -3.73. The fourth-order valence-corrected chi connectivity index (χ4v) is 3.09. The van der Waals surface area contributed by atoms with Crippen molar-refractivity contribution < 1.29 is 26.7 Å². The van der Waals surface area contributed by atoms with Gasteiger partial charge in [0.05, 0.1) is 10.9 Å². The Morgan fingerprint density at radius 1 is 1.35 bits per heavy atom. The van der Waals surface area contributed by atoms with Crippen LogP contribution in [0.4, 0.5) is 14.5 Å². The third-order valence-electron chi connectivity index (χ3n) is 2.82. The van der Waals surface area contributed by atoms with Gasteiger partial charge in [0.2, 0.25) is 10.0 Å². The maximum Gasteiger partial charge on any atom is 0.586 e. The molecular weight excluding hydrogens is 294 g/mol. The van der Waals surface area contributed by atoms with E-state index in [0.717, 1.165) is 6.07 Å². The van der Waals surface area contributed by atoms with E-state index in [0.29, 0.717) is 6.42 Å². The molecule has 0 aromatic heterocycles. The van der Waals surface area contributed by atoms with E-state index in [1.54, 1.807) is 6.92 Å². The molecule has 1 heterocycles. The zero-order valence-corrected chi connectivity index (χ0v) is 11.4. The lowest BCUT2D eigenvalue weighted by Gasteiger charge is -2.15. The first-order chi connectivity index (χ1) is 9.27. The third-order valence-corrected chi connectivity index (χ3v) is 4.74. The van der Waals surface area contributed by atoms with Gasteiger partial charge in [0, 0.05) is 12.6 Å². The summed E-state index contributed by atoms with van der Waals surface area (Å²) in [6.07, 6.45) is -3.39. The van der Waals surface area contributed by atoms with Crippen LogP contribution >= 0.6 is 0 Å². The van der Waals surface area contributed by atoms with E-state index in [9.17, 15) is 17.2 Å². The van der Waals surface area contributed by atoms with Gasteiger partial charge >= 0.3 is 6.29 Å². The number of nitrogens with two attached hydrogens (primary N) is 1. The van der Waals surface area contributed by atoms with Crippen LogP contribution in [0.1, 0.15) is 13.3 Å². The first-order valence-electron chi connectivity index (χ1n) is 5.89. The fraction of sp³-hybridized carbons (Fsp3) is 0.455. The smallest absolute Gasteiger partial charge is 0.395 e. The van der Waals surface area contributed by atoms with Gasteiger partial charge in [-0.3, -0.25) is 4.72 Å². The summed E-state index contributed by atoms with van der Waals surface area (Å²) >= 11 is 0. The summed E-state index contributed by atoms with van der Waals surface area (Å²) in [7, 11) is -3.68. The van der Waals surface area contributed by atoms with Crippen LogP contribution in [0.15, 0.2) is 18.2 Å². The van der Waals surface area contributed by atoms with Crippen LogP contribution in [-0.2, 0) is 10.0 Å². The molecule has 1 aliphatic heterocycles. The van der Waals surface area contributed by atoms with Crippen molar-refractivity contribution in [2.24, 2.45) is 5.73 Å². The second-order valence-electron chi connectivity index (χ2n) is 4.24. The van der Waals surface area contributed by atoms with Gasteiger partial charge in [0.25, 0.3) is 0 Å². The number of rotatable bonds is 5. The van der Waals surface area contributed by atoms with E-state index >= 15 is 0 Å². The molecule has 0 amide bonds. The van der Waals surface area contributed by atoms with Crippen LogP contribution in [0.3, 0.4) is 0 Å². The van der Waals surface area contributed by atoms with Crippen molar-refractivity contribution in [2.75, 3.05) is 11.3 Å². The zero-order chi connectivity index (χ0) is 15.0. The van der Waals surface area contributed by atoms with Crippen molar-refractivity contribution in [1.82, 2.24) is 0 Å². The largest absolute Gasteiger partial charge is 0.586 e. The Bertz CT molecular complexity index is 602. The highest BCUT2D eigenvalue weighted by Gasteiger charge is 2.43. The average Bonchev–Trinajstić information content (AvgIpc) is 2.62. The van der Waals surface area contributed by atoms with Crippen molar-refractivity contribution >= 4 is 15.7 Å². The van der Waals surface area contributed by atoms with Gasteiger partial charge in [-0.25, -0.2) is 8.42 Å². The summed E-state index contributed by atoms with van der Waals surface area (Å²) in [5.74, 6) is -0.375. The van der Waals surface area contributed by atoms with Crippen molar-refractivity contribution in [3.8, 4) is 11.5 Å². The number of halogens is 2. The lowest BCUT2D eigenvalue weighted by molar-refractivity contribution is -0.286. The summed E-state index contributed by atoms with van der Waals surface area (Å²) in [6, 6.07) is 3.65. The summed E-state index contributed by atoms with van der Waals surface area (Å²) in [5, 5.41) is -0.755. The zero-order valence-electron chi connectivity index (χ0n) is 10.6. The molecule has 6 nitrogen and oxygen atoms in total. The van der Waals surface area contributed by atoms with Gasteiger partial charge in [0.15, 0.2) is 11.5 Å². The highest BCUT2D eigenvalue weighted by Crippen LogP contribution is 2.42. The van der Waals surface area contributed by atoms with Crippen LogP contribution in [0.2, 0.25) is 0 Å². The van der Waals surface area contributed by atoms with Crippen LogP contribution in [0, 0.1) is 0 Å². The van der Waals surface area contributed by atoms with Crippen LogP contribution < -0.4 is 19.9 Å². The van der Waals surface area contributed by atoms with Gasteiger partial charge in [0.1, 0.15) is 0 Å². The third kappa shape index (κ3) is 2.93. The van der Waals surface area contributed by atoms with E-state index in [-0.39, 0.29) is 23.7 Å². The summed E-state index contributed by atoms with van der Waals surface area (Å²) in [5.41, 5.74) is 5.49. The van der Waals surface area contributed by atoms with Crippen molar-refractivity contribution in [1.29, 1.82) is 0 Å². The molecule has 112 valence electrons. The number of alkyl halides is 2. The molecular formula is C11H14F2N2O4S. The molecule has 0 saturated heterocycles. The van der Waals surface area contributed by atoms with Gasteiger partial charge in [-0.1, -0.05) is 6.92 Å². The summed E-state index contributed by atoms with van der Waals surface area (Å²) in [6.45, 7) is 1.66. The highest BCUT2D eigenvalue weighted by atomic mass is 32.2. The SMILES string of the molecule is CCC(CN)S(=O)(=O)Nc1ccc2c(c1)OC(F)(F)O2. The Morgan fingerprint density at radius 3 is 2.60 bits per heavy atom. The van der Waals surface area contributed by atoms with Crippen molar-refractivity contribution in [3.05, 3.63) is 18.2 Å². The number of hydrogen-bond acceptors (Lipinski definition) is 5. The quantitative estimate of drug-likeness (QED) is 0.860. The Kier molecular flexibility index (Phi) is 3.74. The fourth-order valence-electron chi connectivity index (χ4n) is 1.77. The molecule has 2 rings (SSSR count). The molecule has 1 atom stereocenters. The Morgan fingerprint density at radius 2 is 2.00 bits per heavy atom. The normalized spacial score (nSPS) is 17.8. The lowest BCUT2D eigenvalue weighted by atomic mass is 10.3. The van der Waals surface area contributed by atoms with Crippen LogP contribution in [0.5, 0.6) is 11.5 Å². The standard InChI is InChI=1S/C11H14F2N2O4S/c1-2-8(6-14)20(16,17)15-7-3-4-9-10(5-7)19-11(12,13)18-9/h3-5,8,15H,2,6,14H2,1H3. The Labute approximate surface area is 114 Å². The summed E-state index contributed by atoms with van der Waals surface area (Å²) < 4.78 is 60.4. The van der Waals surface area contributed by atoms with Gasteiger partial charge in [-0.2, -0.15) is 0 Å². The molecule has 1 aromatic carbocycles. The Hall–Kier alpha value is -1.61. The second kappa shape index (κ2) is 5.06. The molecule has 0 radical (unpaired) electrons. The number of sulfonamides is 1. The maximum atomic E-state index is 12.8. The first-order valence-corrected chi connectivity index (χ1v) is 7.43. The molecule has 9 heteroatoms. The first kappa shape index (κ1) is 14.8. The van der Waals surface area contributed by atoms with Gasteiger partial charge in [-0.05, 0) is 18.6 Å². The highest BCUT2D eigenvalue weighted by molar-refractivity contribution is 7.93. The Balaban J connectivity index is 2.21. The van der Waals surface area contributed by atoms with E-state index < -0.39 is 21.6 Å². The van der Waals surface area contributed by atoms with Crippen molar-refractivity contribution in [2.45, 2.75) is 24.9 Å². The molecule has 1 aromatic rings. The predicted molar refractivity (Wildman–Crippen MR) is 68.3 cm³/mol. The molecule has 0 spiro atoms. The number of benzene rings is 1. The number of fused-ring (bicyclic) bond motifs is 1. The van der Waals surface area contributed by atoms with E-state index in [4.69, 9.17) is 5.73 Å². The van der Waals surface area contributed by atoms with Crippen molar-refractivity contribution in [3.63, 3.8) is 0 Å². The topological polar surface area (TPSA) is 90.7 Å². The molecule has 3 N–H and O–H groups in total. The number of nitrogens with one attached hydrogen (secondary N) is 1. The van der Waals surface area contributed by atoms with E-state index in [2.05, 4.69) is 14.2 Å². The summed E-state index contributed by atoms with van der Waals surface area (Å²) in [4.78, 5) is 0. The molecule has 0 fully saturated rings. The molecule has 20 heavy (non-hydrogen) atoms. The lowest BCUT2D eigenvalue weighted by Crippen LogP contribution is -2.33. The van der Waals surface area contributed by atoms with Gasteiger partial charge in [-0.15, -0.1) is 8.78 Å². The number of hydrogen-bond donors (Lipinski definition) is 2. The number of ether oxygens (including phenoxy) is 2. The number of anilines is 1. The van der Waals surface area contributed by atoms with Gasteiger partial charge < -0.3 is 15.2 Å². The van der Waals surface area contributed by atoms with Crippen LogP contribution in [0.25, 0.3) is 0 Å². The molecule has 0 bridgehead atoms. The minimum Gasteiger partial charge on any atom is -0.395 e. The minimum absolute atomic E-state index is 0.0333. The van der Waals surface area contributed by atoms with Crippen LogP contribution in [-0.4, -0.2) is 26.5 Å². The molecule has 1 aliphatic rings. The monoisotopic (exact) mass is 308 g/mol. The second-order valence-corrected chi connectivity index (χ2v) is 6.20. The maximum absolute atomic E-state index is 12.8. The van der Waals surface area contributed by atoms with E-state index in [1.807, 2.05) is 0 Å². The molecule has 0 aliphatic carbocycles. The molecule has 0 saturated carbocycles. The average molecular weight is 308 g/mol. The predicted octanol–water partition coefficient (Wildman–Crippen LogP) is 1.49. The molecule has 1 unspecified atom stereocenters. The van der Waals surface area contributed by atoms with E-state index in [1.165, 1.54) is 12.1 Å².